The van der Waals surface area contributed by atoms with Gasteiger partial charge < -0.3 is 4.98 Å². The minimum absolute atomic E-state index is 0.914. The van der Waals surface area contributed by atoms with Crippen LogP contribution in [0.2, 0.25) is 0 Å². The van der Waals surface area contributed by atoms with E-state index in [-0.39, 0.29) is 0 Å². The lowest BCUT2D eigenvalue weighted by Crippen LogP contribution is -1.66. The first-order valence-electron chi connectivity index (χ1n) is 2.68. The molecule has 2 aromatic heterocycles. The van der Waals surface area contributed by atoms with Crippen molar-refractivity contribution < 1.29 is 0 Å². The van der Waals surface area contributed by atoms with Crippen molar-refractivity contribution in [3.63, 3.8) is 0 Å². The van der Waals surface area contributed by atoms with Crippen LogP contribution in [0.15, 0.2) is 18.5 Å². The maximum atomic E-state index is 4.02. The van der Waals surface area contributed by atoms with Crippen LogP contribution in [0, 0.1) is 12.1 Å². The summed E-state index contributed by atoms with van der Waals surface area (Å²) in [4.78, 5) is 6.99. The Bertz CT molecular complexity index is 281. The van der Waals surface area contributed by atoms with Crippen LogP contribution in [0.3, 0.4) is 0 Å². The van der Waals surface area contributed by atoms with Gasteiger partial charge in [0, 0.05) is 6.20 Å². The second kappa shape index (κ2) is 1.49. The molecule has 0 radical (unpaired) electrons. The second-order valence-electron chi connectivity index (χ2n) is 1.77. The van der Waals surface area contributed by atoms with Crippen LogP contribution in [-0.2, 0) is 0 Å². The average molecular weight is 116 g/mol. The van der Waals surface area contributed by atoms with Gasteiger partial charge in [0.05, 0.1) is 11.7 Å². The summed E-state index contributed by atoms with van der Waals surface area (Å²) in [5, 5.41) is 0. The molecule has 0 aliphatic rings. The van der Waals surface area contributed by atoms with E-state index in [2.05, 4.69) is 22.1 Å². The van der Waals surface area contributed by atoms with Crippen molar-refractivity contribution >= 4 is 11.0 Å². The number of H-pyrrole nitrogens is 1. The van der Waals surface area contributed by atoms with Crippen molar-refractivity contribution in [1.29, 1.82) is 0 Å². The van der Waals surface area contributed by atoms with E-state index in [0.29, 0.717) is 0 Å². The highest BCUT2D eigenvalue weighted by Crippen LogP contribution is 2.01. The summed E-state index contributed by atoms with van der Waals surface area (Å²) in [6.45, 7) is 0. The monoisotopic (exact) mass is 116 g/mol. The molecule has 2 heterocycles. The largest absolute Gasteiger partial charge is 0.353 e. The van der Waals surface area contributed by atoms with Crippen molar-refractivity contribution in [2.24, 2.45) is 0 Å². The third-order valence-electron chi connectivity index (χ3n) is 1.19. The molecule has 0 aliphatic carbocycles. The molecular weight excluding hydrogens is 112 g/mol. The highest BCUT2D eigenvalue weighted by molar-refractivity contribution is 5.72. The van der Waals surface area contributed by atoms with E-state index in [0.717, 1.165) is 11.0 Å². The Morgan fingerprint density at radius 2 is 2.56 bits per heavy atom. The quantitative estimate of drug-likeness (QED) is 0.549. The lowest BCUT2D eigenvalue weighted by molar-refractivity contribution is 1.42. The molecule has 42 valence electrons. The van der Waals surface area contributed by atoms with Crippen LogP contribution >= 0.6 is 0 Å². The van der Waals surface area contributed by atoms with E-state index in [1.54, 1.807) is 6.20 Å². The summed E-state index contributed by atoms with van der Waals surface area (Å²) >= 11 is 0. The van der Waals surface area contributed by atoms with Crippen LogP contribution in [-0.4, -0.2) is 9.97 Å². The fraction of sp³-hybridized carbons (Fsp3) is 0. The second-order valence-corrected chi connectivity index (χ2v) is 1.77. The van der Waals surface area contributed by atoms with Crippen molar-refractivity contribution in [1.82, 2.24) is 9.97 Å². The molecular formula is C7H4N2. The van der Waals surface area contributed by atoms with Crippen molar-refractivity contribution in [3.05, 3.63) is 30.6 Å². The number of aromatic nitrogens is 2. The van der Waals surface area contributed by atoms with Gasteiger partial charge in [0.1, 0.15) is 5.52 Å². The number of rotatable bonds is 0. The van der Waals surface area contributed by atoms with Crippen LogP contribution in [0.1, 0.15) is 0 Å². The van der Waals surface area contributed by atoms with E-state index in [9.17, 15) is 0 Å². The molecule has 9 heavy (non-hydrogen) atoms. The molecule has 0 spiro atoms. The van der Waals surface area contributed by atoms with Gasteiger partial charge in [-0.2, -0.15) is 0 Å². The lowest BCUT2D eigenvalue weighted by Gasteiger charge is -1.76. The molecule has 0 saturated heterocycles. The fourth-order valence-electron chi connectivity index (χ4n) is 0.775. The number of nitrogens with zero attached hydrogens (tertiary/aromatic N) is 1. The summed E-state index contributed by atoms with van der Waals surface area (Å²) in [7, 11) is 0. The standard InChI is InChI=1S/C7H4N2/c1-2-6-7(8-4-1)3-5-9-6/h3-5,9H. The van der Waals surface area contributed by atoms with E-state index >= 15 is 0 Å². The molecule has 0 aromatic carbocycles. The van der Waals surface area contributed by atoms with Gasteiger partial charge in [-0.3, -0.25) is 0 Å². The maximum absolute atomic E-state index is 4.02. The predicted molar refractivity (Wildman–Crippen MR) is 33.8 cm³/mol. The summed E-state index contributed by atoms with van der Waals surface area (Å²) in [6, 6.07) is 7.54. The zero-order valence-corrected chi connectivity index (χ0v) is 4.68. The van der Waals surface area contributed by atoms with Crippen LogP contribution in [0.25, 0.3) is 11.0 Å². The number of hydrogen-bond acceptors (Lipinski definition) is 1. The van der Waals surface area contributed by atoms with Crippen LogP contribution in [0.4, 0.5) is 0 Å². The molecule has 2 heteroatoms. The molecule has 0 unspecified atom stereocenters. The molecule has 1 N–H and O–H groups in total. The zero-order valence-electron chi connectivity index (χ0n) is 4.68. The third-order valence-corrected chi connectivity index (χ3v) is 1.19. The third kappa shape index (κ3) is 0.550. The lowest BCUT2D eigenvalue weighted by atomic mass is 10.4. The van der Waals surface area contributed by atoms with Crippen LogP contribution < -0.4 is 0 Å². The molecule has 0 amide bonds. The molecule has 2 nitrogen and oxygen atoms in total. The van der Waals surface area contributed by atoms with Crippen molar-refractivity contribution in [2.75, 3.05) is 0 Å². The van der Waals surface area contributed by atoms with Gasteiger partial charge in [-0.05, 0) is 18.2 Å². The number of aromatic amines is 1. The first kappa shape index (κ1) is 4.39. The average Bonchev–Trinajstić information content (AvgIpc) is 2.33. The number of fused-ring (bicyclic) bond motifs is 1. The van der Waals surface area contributed by atoms with Gasteiger partial charge in [0.25, 0.3) is 0 Å². The molecule has 0 bridgehead atoms. The predicted octanol–water partition coefficient (Wildman–Crippen LogP) is 1.16. The smallest absolute Gasteiger partial charge is 0.116 e. The number of hydrogen-bond donors (Lipinski definition) is 1. The van der Waals surface area contributed by atoms with Gasteiger partial charge in [0.2, 0.25) is 0 Å². The minimum atomic E-state index is 0.914. The highest BCUT2D eigenvalue weighted by Gasteiger charge is 1.87. The minimum Gasteiger partial charge on any atom is -0.353 e. The van der Waals surface area contributed by atoms with E-state index in [1.165, 1.54) is 0 Å². The Hall–Kier alpha value is -1.49. The Kier molecular flexibility index (Phi) is 0.729. The van der Waals surface area contributed by atoms with Gasteiger partial charge in [-0.1, -0.05) is 0 Å². The summed E-state index contributed by atoms with van der Waals surface area (Å²) in [6.07, 6.45) is 3.44. The SMILES string of the molecule is c1cnc2cc[nH]c2c#1. The maximum Gasteiger partial charge on any atom is 0.116 e. The Labute approximate surface area is 52.5 Å². The first-order chi connectivity index (χ1) is 4.47. The van der Waals surface area contributed by atoms with Crippen molar-refractivity contribution in [2.45, 2.75) is 0 Å². The molecule has 0 fully saturated rings. The van der Waals surface area contributed by atoms with E-state index < -0.39 is 0 Å². The van der Waals surface area contributed by atoms with Gasteiger partial charge in [0.15, 0.2) is 0 Å². The van der Waals surface area contributed by atoms with Gasteiger partial charge in [-0.15, -0.1) is 0 Å². The molecule has 0 aliphatic heterocycles. The summed E-state index contributed by atoms with van der Waals surface area (Å²) in [5.41, 5.74) is 1.85. The molecule has 2 aromatic rings. The topological polar surface area (TPSA) is 28.7 Å². The fourth-order valence-corrected chi connectivity index (χ4v) is 0.775. The van der Waals surface area contributed by atoms with Gasteiger partial charge >= 0.3 is 0 Å². The van der Waals surface area contributed by atoms with Gasteiger partial charge in [-0.25, -0.2) is 4.98 Å². The Morgan fingerprint density at radius 3 is 3.44 bits per heavy atom. The van der Waals surface area contributed by atoms with Crippen molar-refractivity contribution in [3.8, 4) is 0 Å². The van der Waals surface area contributed by atoms with E-state index in [4.69, 9.17) is 0 Å². The number of nitrogens with one attached hydrogen (secondary N) is 1. The summed E-state index contributed by atoms with van der Waals surface area (Å²) < 4.78 is 0. The molecule has 0 saturated carbocycles. The zero-order chi connectivity index (χ0) is 6.10. The summed E-state index contributed by atoms with van der Waals surface area (Å²) in [5.74, 6) is 0. The first-order valence-corrected chi connectivity index (χ1v) is 2.68. The molecule has 0 atom stereocenters. The van der Waals surface area contributed by atoms with E-state index in [1.807, 2.05) is 12.3 Å². The van der Waals surface area contributed by atoms with Crippen LogP contribution in [0.5, 0.6) is 0 Å². The Morgan fingerprint density at radius 1 is 1.56 bits per heavy atom. The molecule has 2 rings (SSSR count). The highest BCUT2D eigenvalue weighted by atomic mass is 14.7. The Balaban J connectivity index is 2.95. The normalized spacial score (nSPS) is 9.33.